The minimum atomic E-state index is -0.477. The molecule has 0 bridgehead atoms. The molecular formula is C13H13BrClN3O2. The monoisotopic (exact) mass is 357 g/mol. The van der Waals surface area contributed by atoms with Crippen molar-refractivity contribution in [1.29, 1.82) is 0 Å². The Morgan fingerprint density at radius 2 is 2.10 bits per heavy atom. The molecule has 1 aromatic heterocycles. The van der Waals surface area contributed by atoms with E-state index in [1.165, 1.54) is 4.68 Å². The molecule has 0 aliphatic carbocycles. The number of aromatic nitrogens is 2. The van der Waals surface area contributed by atoms with Crippen LogP contribution in [0.4, 0.5) is 5.69 Å². The number of hydrogen-bond acceptors (Lipinski definition) is 3. The first-order chi connectivity index (χ1) is 9.32. The Morgan fingerprint density at radius 3 is 2.55 bits per heavy atom. The predicted molar refractivity (Wildman–Crippen MR) is 81.8 cm³/mol. The molecule has 0 N–H and O–H groups in total. The molecule has 0 atom stereocenters. The Hall–Kier alpha value is -1.40. The summed E-state index contributed by atoms with van der Waals surface area (Å²) in [6.07, 6.45) is 0. The zero-order valence-electron chi connectivity index (χ0n) is 11.2. The third-order valence-electron chi connectivity index (χ3n) is 2.95. The van der Waals surface area contributed by atoms with Gasteiger partial charge < -0.3 is 0 Å². The summed E-state index contributed by atoms with van der Waals surface area (Å²) in [5, 5.41) is 15.5. The largest absolute Gasteiger partial charge is 0.329 e. The smallest absolute Gasteiger partial charge is 0.258 e. The fraction of sp³-hybridized carbons (Fsp3) is 0.308. The van der Waals surface area contributed by atoms with Gasteiger partial charge in [0.15, 0.2) is 0 Å². The van der Waals surface area contributed by atoms with Gasteiger partial charge in [-0.2, -0.15) is 5.10 Å². The molecule has 0 spiro atoms. The van der Waals surface area contributed by atoms with Crippen LogP contribution in [0.2, 0.25) is 5.15 Å². The second kappa shape index (κ2) is 5.54. The summed E-state index contributed by atoms with van der Waals surface area (Å²) in [4.78, 5) is 10.7. The van der Waals surface area contributed by atoms with Crippen molar-refractivity contribution in [1.82, 2.24) is 9.78 Å². The lowest BCUT2D eigenvalue weighted by Crippen LogP contribution is -2.00. The molecular weight excluding hydrogens is 346 g/mol. The molecule has 0 aliphatic heterocycles. The molecule has 5 nitrogen and oxygen atoms in total. The average molecular weight is 359 g/mol. The standard InChI is InChI=1S/C13H13BrClN3O2/c1-7(2)11-12(18(19)20)13(15)17(16-11)10-5-4-9(14)6-8(10)3/h4-7H,1-3H3. The lowest BCUT2D eigenvalue weighted by Gasteiger charge is -2.07. The van der Waals surface area contributed by atoms with Gasteiger partial charge in [0.2, 0.25) is 5.15 Å². The number of nitrogens with zero attached hydrogens (tertiary/aromatic N) is 3. The molecule has 106 valence electrons. The molecule has 0 saturated carbocycles. The first-order valence-electron chi connectivity index (χ1n) is 6.02. The third kappa shape index (κ3) is 2.58. The van der Waals surface area contributed by atoms with Crippen LogP contribution in [0.15, 0.2) is 22.7 Å². The first-order valence-corrected chi connectivity index (χ1v) is 7.19. The first kappa shape index (κ1) is 15.0. The molecule has 1 heterocycles. The van der Waals surface area contributed by atoms with Gasteiger partial charge in [-0.15, -0.1) is 0 Å². The van der Waals surface area contributed by atoms with E-state index in [0.29, 0.717) is 5.69 Å². The van der Waals surface area contributed by atoms with E-state index >= 15 is 0 Å². The van der Waals surface area contributed by atoms with Crippen LogP contribution in [0.1, 0.15) is 31.0 Å². The van der Waals surface area contributed by atoms with Gasteiger partial charge in [0, 0.05) is 10.4 Å². The van der Waals surface area contributed by atoms with Gasteiger partial charge in [0.1, 0.15) is 5.69 Å². The summed E-state index contributed by atoms with van der Waals surface area (Å²) < 4.78 is 2.36. The van der Waals surface area contributed by atoms with Gasteiger partial charge in [0.25, 0.3) is 0 Å². The zero-order valence-corrected chi connectivity index (χ0v) is 13.6. The number of nitro groups is 1. The van der Waals surface area contributed by atoms with E-state index in [1.54, 1.807) is 0 Å². The zero-order chi connectivity index (χ0) is 15.0. The van der Waals surface area contributed by atoms with Gasteiger partial charge in [-0.05, 0) is 30.7 Å². The number of rotatable bonds is 3. The molecule has 20 heavy (non-hydrogen) atoms. The summed E-state index contributed by atoms with van der Waals surface area (Å²) in [5.74, 6) is -0.0788. The van der Waals surface area contributed by atoms with E-state index in [4.69, 9.17) is 11.6 Å². The minimum Gasteiger partial charge on any atom is -0.258 e. The lowest BCUT2D eigenvalue weighted by molar-refractivity contribution is -0.385. The van der Waals surface area contributed by atoms with Crippen LogP contribution in [0.25, 0.3) is 5.69 Å². The maximum Gasteiger partial charge on any atom is 0.329 e. The van der Waals surface area contributed by atoms with E-state index in [-0.39, 0.29) is 16.8 Å². The number of aryl methyl sites for hydroxylation is 1. The second-order valence-corrected chi connectivity index (χ2v) is 6.05. The fourth-order valence-corrected chi connectivity index (χ4v) is 2.75. The van der Waals surface area contributed by atoms with Gasteiger partial charge in [0.05, 0.1) is 10.6 Å². The van der Waals surface area contributed by atoms with E-state index in [0.717, 1.165) is 15.7 Å². The predicted octanol–water partition coefficient (Wildman–Crippen LogP) is 4.63. The molecule has 0 radical (unpaired) electrons. The van der Waals surface area contributed by atoms with Crippen LogP contribution >= 0.6 is 27.5 Å². The highest BCUT2D eigenvalue weighted by atomic mass is 79.9. The molecule has 7 heteroatoms. The van der Waals surface area contributed by atoms with Crippen molar-refractivity contribution in [3.63, 3.8) is 0 Å². The molecule has 0 fully saturated rings. The summed E-state index contributed by atoms with van der Waals surface area (Å²) in [6.45, 7) is 5.61. The van der Waals surface area contributed by atoms with E-state index in [9.17, 15) is 10.1 Å². The molecule has 1 aromatic carbocycles. The molecule has 0 unspecified atom stereocenters. The van der Waals surface area contributed by atoms with Gasteiger partial charge in [-0.1, -0.05) is 41.4 Å². The van der Waals surface area contributed by atoms with Crippen LogP contribution in [0, 0.1) is 17.0 Å². The Kier molecular flexibility index (Phi) is 4.15. The highest BCUT2D eigenvalue weighted by Crippen LogP contribution is 2.35. The minimum absolute atomic E-state index is 0.0316. The fourth-order valence-electron chi connectivity index (χ4n) is 1.98. The summed E-state index contributed by atoms with van der Waals surface area (Å²) in [6, 6.07) is 5.58. The number of benzene rings is 1. The quantitative estimate of drug-likeness (QED) is 0.593. The van der Waals surface area contributed by atoms with Gasteiger partial charge in [-0.3, -0.25) is 10.1 Å². The summed E-state index contributed by atoms with van der Waals surface area (Å²) >= 11 is 9.54. The number of hydrogen-bond donors (Lipinski definition) is 0. The highest BCUT2D eigenvalue weighted by molar-refractivity contribution is 9.10. The third-order valence-corrected chi connectivity index (χ3v) is 3.78. The van der Waals surface area contributed by atoms with Crippen molar-refractivity contribution >= 4 is 33.2 Å². The van der Waals surface area contributed by atoms with Crippen molar-refractivity contribution in [2.24, 2.45) is 0 Å². The van der Waals surface area contributed by atoms with E-state index in [2.05, 4.69) is 21.0 Å². The van der Waals surface area contributed by atoms with Crippen molar-refractivity contribution in [2.45, 2.75) is 26.7 Å². The number of halogens is 2. The average Bonchev–Trinajstić information content (AvgIpc) is 2.67. The Morgan fingerprint density at radius 1 is 1.45 bits per heavy atom. The molecule has 0 saturated heterocycles. The molecule has 0 amide bonds. The Balaban J connectivity index is 2.69. The van der Waals surface area contributed by atoms with Crippen molar-refractivity contribution in [3.8, 4) is 5.69 Å². The maximum absolute atomic E-state index is 11.2. The van der Waals surface area contributed by atoms with Crippen LogP contribution < -0.4 is 0 Å². The van der Waals surface area contributed by atoms with Crippen LogP contribution in [-0.2, 0) is 0 Å². The lowest BCUT2D eigenvalue weighted by atomic mass is 10.1. The molecule has 0 aliphatic rings. The van der Waals surface area contributed by atoms with Gasteiger partial charge in [-0.25, -0.2) is 4.68 Å². The van der Waals surface area contributed by atoms with E-state index < -0.39 is 4.92 Å². The summed E-state index contributed by atoms with van der Waals surface area (Å²) in [7, 11) is 0. The normalized spacial score (nSPS) is 11.1. The van der Waals surface area contributed by atoms with Crippen molar-refractivity contribution < 1.29 is 4.92 Å². The topological polar surface area (TPSA) is 61.0 Å². The maximum atomic E-state index is 11.2. The van der Waals surface area contributed by atoms with Crippen LogP contribution in [-0.4, -0.2) is 14.7 Å². The van der Waals surface area contributed by atoms with Crippen molar-refractivity contribution in [2.75, 3.05) is 0 Å². The molecule has 2 rings (SSSR count). The Labute approximate surface area is 129 Å². The summed E-state index contributed by atoms with van der Waals surface area (Å²) in [5.41, 5.74) is 1.92. The molecule has 2 aromatic rings. The van der Waals surface area contributed by atoms with Gasteiger partial charge >= 0.3 is 5.69 Å². The highest BCUT2D eigenvalue weighted by Gasteiger charge is 2.29. The van der Waals surface area contributed by atoms with Crippen LogP contribution in [0.5, 0.6) is 0 Å². The Bertz CT molecular complexity index is 682. The SMILES string of the molecule is Cc1cc(Br)ccc1-n1nc(C(C)C)c([N+](=O)[O-])c1Cl. The second-order valence-electron chi connectivity index (χ2n) is 4.78. The van der Waals surface area contributed by atoms with Crippen molar-refractivity contribution in [3.05, 3.63) is 49.2 Å². The van der Waals surface area contributed by atoms with Crippen LogP contribution in [0.3, 0.4) is 0 Å². The van der Waals surface area contributed by atoms with E-state index in [1.807, 2.05) is 39.0 Å².